The van der Waals surface area contributed by atoms with Crippen molar-refractivity contribution in [3.05, 3.63) is 58.7 Å². The van der Waals surface area contributed by atoms with Crippen LogP contribution in [-0.2, 0) is 6.54 Å². The number of rotatable bonds is 6. The molecule has 0 aromatic carbocycles. The number of aromatic nitrogens is 4. The Morgan fingerprint density at radius 2 is 2.24 bits per heavy atom. The highest BCUT2D eigenvalue weighted by molar-refractivity contribution is 7.09. The highest BCUT2D eigenvalue weighted by Gasteiger charge is 2.11. The molecular weight excluding hydrogens is 336 g/mol. The molecule has 2 N–H and O–H groups in total. The fourth-order valence-corrected chi connectivity index (χ4v) is 3.10. The number of hydrogen-bond acceptors (Lipinski definition) is 5. The zero-order valence-corrected chi connectivity index (χ0v) is 15.0. The lowest BCUT2D eigenvalue weighted by Crippen LogP contribution is -2.37. The molecule has 0 aliphatic carbocycles. The second-order valence-electron chi connectivity index (χ2n) is 5.79. The molecule has 0 aliphatic heterocycles. The Balaban J connectivity index is 1.44. The van der Waals surface area contributed by atoms with Gasteiger partial charge in [0.2, 0.25) is 0 Å². The molecule has 0 radical (unpaired) electrons. The Kier molecular flexibility index (Phi) is 5.39. The van der Waals surface area contributed by atoms with Gasteiger partial charge in [-0.1, -0.05) is 13.0 Å². The van der Waals surface area contributed by atoms with Crippen LogP contribution in [0.4, 0.5) is 4.79 Å². The third kappa shape index (κ3) is 4.63. The van der Waals surface area contributed by atoms with Gasteiger partial charge >= 0.3 is 6.03 Å². The summed E-state index contributed by atoms with van der Waals surface area (Å²) in [4.78, 5) is 24.7. The molecule has 130 valence electrons. The summed E-state index contributed by atoms with van der Waals surface area (Å²) in [6, 6.07) is 3.63. The summed E-state index contributed by atoms with van der Waals surface area (Å²) in [6.07, 6.45) is 6.98. The quantitative estimate of drug-likeness (QED) is 0.711. The number of nitrogens with zero attached hydrogens (tertiary/aromatic N) is 4. The highest BCUT2D eigenvalue weighted by atomic mass is 32.1. The average molecular weight is 356 g/mol. The van der Waals surface area contributed by atoms with Crippen molar-refractivity contribution >= 4 is 17.4 Å². The number of thiazole rings is 1. The van der Waals surface area contributed by atoms with E-state index in [1.54, 1.807) is 30.1 Å². The summed E-state index contributed by atoms with van der Waals surface area (Å²) < 4.78 is 1.83. The van der Waals surface area contributed by atoms with Gasteiger partial charge in [0, 0.05) is 48.7 Å². The summed E-state index contributed by atoms with van der Waals surface area (Å²) >= 11 is 1.62. The van der Waals surface area contributed by atoms with Gasteiger partial charge in [0.05, 0.1) is 5.01 Å². The third-order valence-corrected chi connectivity index (χ3v) is 4.85. The molecule has 0 aliphatic rings. The van der Waals surface area contributed by atoms with Crippen LogP contribution in [0.5, 0.6) is 0 Å². The van der Waals surface area contributed by atoms with Gasteiger partial charge in [-0.3, -0.25) is 4.57 Å². The van der Waals surface area contributed by atoms with Crippen molar-refractivity contribution in [2.24, 2.45) is 0 Å². The smallest absolute Gasteiger partial charge is 0.315 e. The van der Waals surface area contributed by atoms with Crippen molar-refractivity contribution in [1.29, 1.82) is 0 Å². The molecule has 7 nitrogen and oxygen atoms in total. The van der Waals surface area contributed by atoms with Gasteiger partial charge in [-0.15, -0.1) is 11.3 Å². The van der Waals surface area contributed by atoms with Gasteiger partial charge in [-0.25, -0.2) is 19.7 Å². The lowest BCUT2D eigenvalue weighted by Gasteiger charge is -2.11. The predicted molar refractivity (Wildman–Crippen MR) is 96.9 cm³/mol. The van der Waals surface area contributed by atoms with E-state index in [-0.39, 0.29) is 11.9 Å². The van der Waals surface area contributed by atoms with Gasteiger partial charge in [0.1, 0.15) is 12.1 Å². The van der Waals surface area contributed by atoms with E-state index in [0.717, 1.165) is 22.1 Å². The lowest BCUT2D eigenvalue weighted by molar-refractivity contribution is 0.240. The van der Waals surface area contributed by atoms with E-state index < -0.39 is 0 Å². The summed E-state index contributed by atoms with van der Waals surface area (Å²) in [7, 11) is 0. The Morgan fingerprint density at radius 1 is 1.36 bits per heavy atom. The van der Waals surface area contributed by atoms with Crippen LogP contribution in [0.2, 0.25) is 0 Å². The molecule has 3 aromatic heterocycles. The van der Waals surface area contributed by atoms with Gasteiger partial charge in [0.15, 0.2) is 0 Å². The number of urea groups is 1. The Hall–Kier alpha value is -2.74. The third-order valence-electron chi connectivity index (χ3n) is 3.66. The molecular formula is C17H20N6OS. The van der Waals surface area contributed by atoms with Gasteiger partial charge in [-0.2, -0.15) is 0 Å². The minimum atomic E-state index is -0.196. The first-order chi connectivity index (χ1) is 12.1. The average Bonchev–Trinajstić information content (AvgIpc) is 3.30. The first-order valence-electron chi connectivity index (χ1n) is 7.99. The fraction of sp³-hybridized carbons (Fsp3) is 0.294. The van der Waals surface area contributed by atoms with Crippen LogP contribution in [0.25, 0.3) is 5.82 Å². The molecule has 3 heterocycles. The monoisotopic (exact) mass is 356 g/mol. The van der Waals surface area contributed by atoms with E-state index >= 15 is 0 Å². The molecule has 8 heteroatoms. The molecule has 1 atom stereocenters. The summed E-state index contributed by atoms with van der Waals surface area (Å²) in [6.45, 7) is 5.00. The maximum atomic E-state index is 11.9. The van der Waals surface area contributed by atoms with Crippen molar-refractivity contribution in [1.82, 2.24) is 30.2 Å². The first kappa shape index (κ1) is 17.1. The molecule has 3 rings (SSSR count). The van der Waals surface area contributed by atoms with Gasteiger partial charge in [0.25, 0.3) is 0 Å². The second-order valence-corrected chi connectivity index (χ2v) is 6.68. The van der Waals surface area contributed by atoms with Crippen molar-refractivity contribution in [3.8, 4) is 5.82 Å². The molecule has 1 unspecified atom stereocenters. The van der Waals surface area contributed by atoms with Crippen LogP contribution in [0.1, 0.15) is 29.1 Å². The van der Waals surface area contributed by atoms with Crippen LogP contribution < -0.4 is 10.6 Å². The second kappa shape index (κ2) is 7.89. The van der Waals surface area contributed by atoms with E-state index in [0.29, 0.717) is 13.1 Å². The van der Waals surface area contributed by atoms with E-state index in [1.807, 2.05) is 35.2 Å². The first-order valence-corrected chi connectivity index (χ1v) is 8.87. The largest absolute Gasteiger partial charge is 0.337 e. The minimum Gasteiger partial charge on any atom is -0.337 e. The standard InChI is InChI=1S/C17H20N6OS/c1-12(16-22-13(2)10-25-16)7-20-17(24)21-9-14-3-4-15(19-8-14)23-6-5-18-11-23/h3-6,8,10-12H,7,9H2,1-2H3,(H2,20,21,24). The number of hydrogen-bond donors (Lipinski definition) is 2. The van der Waals surface area contributed by atoms with Crippen LogP contribution in [-0.4, -0.2) is 32.1 Å². The fourth-order valence-electron chi connectivity index (χ4n) is 2.25. The van der Waals surface area contributed by atoms with Crippen molar-refractivity contribution < 1.29 is 4.79 Å². The van der Waals surface area contributed by atoms with Gasteiger partial charge in [-0.05, 0) is 18.6 Å². The molecule has 0 saturated carbocycles. The molecule has 0 saturated heterocycles. The van der Waals surface area contributed by atoms with Crippen molar-refractivity contribution in [2.45, 2.75) is 26.3 Å². The molecule has 2 amide bonds. The number of nitrogens with one attached hydrogen (secondary N) is 2. The van der Waals surface area contributed by atoms with E-state index in [2.05, 4.69) is 32.5 Å². The number of carbonyl (C=O) groups excluding carboxylic acids is 1. The summed E-state index contributed by atoms with van der Waals surface area (Å²) in [5.41, 5.74) is 1.95. The van der Waals surface area contributed by atoms with Crippen LogP contribution in [0.15, 0.2) is 42.4 Å². The minimum absolute atomic E-state index is 0.195. The molecule has 0 spiro atoms. The van der Waals surface area contributed by atoms with Gasteiger partial charge < -0.3 is 10.6 Å². The Bertz CT molecular complexity index is 812. The maximum Gasteiger partial charge on any atom is 0.315 e. The zero-order chi connectivity index (χ0) is 17.6. The Morgan fingerprint density at radius 3 is 2.88 bits per heavy atom. The Labute approximate surface area is 150 Å². The molecule has 25 heavy (non-hydrogen) atoms. The number of amides is 2. The lowest BCUT2D eigenvalue weighted by atomic mass is 10.2. The number of pyridine rings is 1. The number of carbonyl (C=O) groups is 1. The summed E-state index contributed by atoms with van der Waals surface area (Å²) in [5, 5.41) is 8.78. The van der Waals surface area contributed by atoms with Crippen molar-refractivity contribution in [3.63, 3.8) is 0 Å². The predicted octanol–water partition coefficient (Wildman–Crippen LogP) is 2.64. The topological polar surface area (TPSA) is 84.7 Å². The number of imidazole rings is 1. The zero-order valence-electron chi connectivity index (χ0n) is 14.1. The van der Waals surface area contributed by atoms with Crippen LogP contribution in [0, 0.1) is 6.92 Å². The van der Waals surface area contributed by atoms with Crippen LogP contribution in [0.3, 0.4) is 0 Å². The molecule has 0 fully saturated rings. The molecule has 3 aromatic rings. The summed E-state index contributed by atoms with van der Waals surface area (Å²) in [5.74, 6) is 0.985. The highest BCUT2D eigenvalue weighted by Crippen LogP contribution is 2.18. The van der Waals surface area contributed by atoms with Crippen molar-refractivity contribution in [2.75, 3.05) is 6.54 Å². The van der Waals surface area contributed by atoms with Crippen LogP contribution >= 0.6 is 11.3 Å². The normalized spacial score (nSPS) is 11.9. The SMILES string of the molecule is Cc1csc(C(C)CNC(=O)NCc2ccc(-n3ccnc3)nc2)n1. The molecule has 0 bridgehead atoms. The number of aryl methyl sites for hydroxylation is 1. The maximum absolute atomic E-state index is 11.9. The van der Waals surface area contributed by atoms with E-state index in [9.17, 15) is 4.79 Å². The van der Waals surface area contributed by atoms with E-state index in [1.165, 1.54) is 0 Å². The van der Waals surface area contributed by atoms with E-state index in [4.69, 9.17) is 0 Å².